The molecular weight excluding hydrogens is 154 g/mol. The second kappa shape index (κ2) is 2.37. The number of aromatic hydroxyl groups is 1. The second-order valence-electron chi connectivity index (χ2n) is 2.59. The van der Waals surface area contributed by atoms with Crippen LogP contribution in [0.4, 0.5) is 0 Å². The van der Waals surface area contributed by atoms with E-state index in [-0.39, 0.29) is 5.75 Å². The molecule has 0 aliphatic rings. The highest BCUT2D eigenvalue weighted by Gasteiger charge is 2.02. The largest absolute Gasteiger partial charge is 0.507 e. The van der Waals surface area contributed by atoms with E-state index >= 15 is 0 Å². The van der Waals surface area contributed by atoms with Gasteiger partial charge in [0.15, 0.2) is 6.29 Å². The van der Waals surface area contributed by atoms with Gasteiger partial charge >= 0.3 is 0 Å². The van der Waals surface area contributed by atoms with Crippen LogP contribution in [0.1, 0.15) is 10.4 Å². The van der Waals surface area contributed by atoms with Crippen LogP contribution in [-0.4, -0.2) is 16.4 Å². The number of aromatic nitrogens is 1. The van der Waals surface area contributed by atoms with Crippen LogP contribution in [0.3, 0.4) is 0 Å². The maximum absolute atomic E-state index is 10.4. The fourth-order valence-electron chi connectivity index (χ4n) is 1.20. The van der Waals surface area contributed by atoms with Gasteiger partial charge < -0.3 is 10.1 Å². The van der Waals surface area contributed by atoms with Gasteiger partial charge in [-0.2, -0.15) is 0 Å². The maximum Gasteiger partial charge on any atom is 0.153 e. The number of aromatic amines is 1. The molecule has 0 radical (unpaired) electrons. The first-order valence-corrected chi connectivity index (χ1v) is 3.56. The predicted octanol–water partition coefficient (Wildman–Crippen LogP) is 1.69. The SMILES string of the molecule is O=Cc1cc2cc[nH]c2cc1O. The molecule has 0 atom stereocenters. The van der Waals surface area contributed by atoms with Gasteiger partial charge in [0, 0.05) is 23.2 Å². The Kier molecular flexibility index (Phi) is 1.37. The number of hydrogen-bond acceptors (Lipinski definition) is 2. The average Bonchev–Trinajstić information content (AvgIpc) is 2.49. The maximum atomic E-state index is 10.4. The van der Waals surface area contributed by atoms with Crippen LogP contribution in [0.5, 0.6) is 5.75 Å². The lowest BCUT2D eigenvalue weighted by Gasteiger charge is -1.96. The lowest BCUT2D eigenvalue weighted by Crippen LogP contribution is -1.80. The summed E-state index contributed by atoms with van der Waals surface area (Å²) < 4.78 is 0. The Morgan fingerprint density at radius 2 is 2.25 bits per heavy atom. The molecule has 1 heterocycles. The van der Waals surface area contributed by atoms with Crippen LogP contribution in [0.15, 0.2) is 24.4 Å². The highest BCUT2D eigenvalue weighted by Crippen LogP contribution is 2.22. The molecule has 0 unspecified atom stereocenters. The molecule has 1 aromatic carbocycles. The molecule has 1 aromatic heterocycles. The molecule has 0 amide bonds. The third kappa shape index (κ3) is 0.871. The third-order valence-corrected chi connectivity index (χ3v) is 1.83. The number of aldehydes is 1. The number of carbonyl (C=O) groups excluding carboxylic acids is 1. The fraction of sp³-hybridized carbons (Fsp3) is 0. The van der Waals surface area contributed by atoms with Gasteiger partial charge in [0.25, 0.3) is 0 Å². The van der Waals surface area contributed by atoms with Gasteiger partial charge in [-0.05, 0) is 12.1 Å². The normalized spacial score (nSPS) is 10.3. The Morgan fingerprint density at radius 1 is 1.42 bits per heavy atom. The van der Waals surface area contributed by atoms with E-state index in [0.29, 0.717) is 11.8 Å². The van der Waals surface area contributed by atoms with Gasteiger partial charge in [-0.15, -0.1) is 0 Å². The molecular formula is C9H7NO2. The smallest absolute Gasteiger partial charge is 0.153 e. The third-order valence-electron chi connectivity index (χ3n) is 1.83. The molecule has 0 saturated heterocycles. The molecule has 2 N–H and O–H groups in total. The standard InChI is InChI=1S/C9H7NO2/c11-5-7-3-6-1-2-10-8(6)4-9(7)12/h1-5,10,12H. The van der Waals surface area contributed by atoms with Crippen LogP contribution < -0.4 is 0 Å². The Labute approximate surface area is 68.6 Å². The monoisotopic (exact) mass is 161 g/mol. The summed E-state index contributed by atoms with van der Waals surface area (Å²) in [6.07, 6.45) is 2.40. The number of hydrogen-bond donors (Lipinski definition) is 2. The van der Waals surface area contributed by atoms with Crippen molar-refractivity contribution in [2.45, 2.75) is 0 Å². The van der Waals surface area contributed by atoms with Crippen molar-refractivity contribution in [2.24, 2.45) is 0 Å². The Balaban J connectivity index is 2.81. The molecule has 0 saturated carbocycles. The highest BCUT2D eigenvalue weighted by atomic mass is 16.3. The molecule has 60 valence electrons. The number of phenols is 1. The van der Waals surface area contributed by atoms with E-state index in [1.165, 1.54) is 0 Å². The van der Waals surface area contributed by atoms with Gasteiger partial charge in [0.1, 0.15) is 5.75 Å². The van der Waals surface area contributed by atoms with Crippen LogP contribution >= 0.6 is 0 Å². The molecule has 0 bridgehead atoms. The molecule has 0 spiro atoms. The number of rotatable bonds is 1. The van der Waals surface area contributed by atoms with E-state index in [0.717, 1.165) is 10.9 Å². The predicted molar refractivity (Wildman–Crippen MR) is 45.4 cm³/mol. The van der Waals surface area contributed by atoms with Gasteiger partial charge in [-0.1, -0.05) is 0 Å². The second-order valence-corrected chi connectivity index (χ2v) is 2.59. The first-order chi connectivity index (χ1) is 5.81. The zero-order chi connectivity index (χ0) is 8.55. The summed E-state index contributed by atoms with van der Waals surface area (Å²) in [5, 5.41) is 10.2. The Bertz CT molecular complexity index is 431. The highest BCUT2D eigenvalue weighted by molar-refractivity contribution is 5.90. The number of fused-ring (bicyclic) bond motifs is 1. The summed E-state index contributed by atoms with van der Waals surface area (Å²) in [7, 11) is 0. The molecule has 2 rings (SSSR count). The molecule has 12 heavy (non-hydrogen) atoms. The Morgan fingerprint density at radius 3 is 3.00 bits per heavy atom. The lowest BCUT2D eigenvalue weighted by molar-refractivity contribution is 0.112. The van der Waals surface area contributed by atoms with E-state index in [4.69, 9.17) is 0 Å². The number of nitrogens with one attached hydrogen (secondary N) is 1. The van der Waals surface area contributed by atoms with E-state index in [1.807, 2.05) is 6.07 Å². The zero-order valence-electron chi connectivity index (χ0n) is 6.24. The van der Waals surface area contributed by atoms with Crippen molar-refractivity contribution in [3.63, 3.8) is 0 Å². The zero-order valence-corrected chi connectivity index (χ0v) is 6.24. The average molecular weight is 161 g/mol. The van der Waals surface area contributed by atoms with Gasteiger partial charge in [0.05, 0.1) is 5.56 Å². The van der Waals surface area contributed by atoms with Gasteiger partial charge in [0.2, 0.25) is 0 Å². The minimum absolute atomic E-state index is 0.0138. The quantitative estimate of drug-likeness (QED) is 0.625. The summed E-state index contributed by atoms with van der Waals surface area (Å²) in [6.45, 7) is 0. The molecule has 2 aromatic rings. The first-order valence-electron chi connectivity index (χ1n) is 3.56. The van der Waals surface area contributed by atoms with Gasteiger partial charge in [-0.25, -0.2) is 0 Å². The van der Waals surface area contributed by atoms with Crippen molar-refractivity contribution in [1.29, 1.82) is 0 Å². The molecule has 3 heteroatoms. The number of benzene rings is 1. The number of H-pyrrole nitrogens is 1. The van der Waals surface area contributed by atoms with Crippen LogP contribution in [0.25, 0.3) is 10.9 Å². The van der Waals surface area contributed by atoms with Crippen molar-refractivity contribution in [3.05, 3.63) is 30.0 Å². The Hall–Kier alpha value is -1.77. The van der Waals surface area contributed by atoms with Crippen molar-refractivity contribution in [1.82, 2.24) is 4.98 Å². The minimum Gasteiger partial charge on any atom is -0.507 e. The molecule has 3 nitrogen and oxygen atoms in total. The number of phenolic OH excluding ortho intramolecular Hbond substituents is 1. The summed E-state index contributed by atoms with van der Waals surface area (Å²) in [4.78, 5) is 13.4. The topological polar surface area (TPSA) is 53.1 Å². The van der Waals surface area contributed by atoms with Crippen molar-refractivity contribution >= 4 is 17.2 Å². The summed E-state index contributed by atoms with van der Waals surface area (Å²) in [5.41, 5.74) is 1.15. The summed E-state index contributed by atoms with van der Waals surface area (Å²) >= 11 is 0. The summed E-state index contributed by atoms with van der Waals surface area (Å²) in [5.74, 6) is 0.0138. The lowest BCUT2D eigenvalue weighted by atomic mass is 10.1. The molecule has 0 fully saturated rings. The first kappa shape index (κ1) is 6.91. The van der Waals surface area contributed by atoms with Crippen molar-refractivity contribution < 1.29 is 9.90 Å². The van der Waals surface area contributed by atoms with E-state index in [1.54, 1.807) is 18.3 Å². The van der Waals surface area contributed by atoms with Crippen molar-refractivity contribution in [2.75, 3.05) is 0 Å². The summed E-state index contributed by atoms with van der Waals surface area (Å²) in [6, 6.07) is 5.04. The van der Waals surface area contributed by atoms with Crippen molar-refractivity contribution in [3.8, 4) is 5.75 Å². The van der Waals surface area contributed by atoms with Gasteiger partial charge in [-0.3, -0.25) is 4.79 Å². The minimum atomic E-state index is 0.0138. The fourth-order valence-corrected chi connectivity index (χ4v) is 1.20. The molecule has 0 aliphatic heterocycles. The van der Waals surface area contributed by atoms with E-state index in [9.17, 15) is 9.90 Å². The molecule has 0 aliphatic carbocycles. The van der Waals surface area contributed by atoms with Crippen LogP contribution in [-0.2, 0) is 0 Å². The van der Waals surface area contributed by atoms with E-state index < -0.39 is 0 Å². The van der Waals surface area contributed by atoms with E-state index in [2.05, 4.69) is 4.98 Å². The van der Waals surface area contributed by atoms with Crippen LogP contribution in [0, 0.1) is 0 Å². The van der Waals surface area contributed by atoms with Crippen LogP contribution in [0.2, 0.25) is 0 Å². The number of carbonyl (C=O) groups is 1.